The smallest absolute Gasteiger partial charge is 0.748 e. The second kappa shape index (κ2) is 20.7. The molecule has 0 aliphatic rings. The van der Waals surface area contributed by atoms with Crippen LogP contribution in [-0.4, -0.2) is 68.1 Å². The molecule has 0 aromatic heterocycles. The van der Waals surface area contributed by atoms with Crippen LogP contribution in [0.25, 0.3) is 0 Å². The summed E-state index contributed by atoms with van der Waals surface area (Å²) in [5.41, 5.74) is 0. The van der Waals surface area contributed by atoms with Crippen LogP contribution in [0.15, 0.2) is 38.0 Å². The molecule has 1 N–H and O–H groups in total. The monoisotopic (exact) mass is 424 g/mol. The molecule has 0 atom stereocenters. The van der Waals surface area contributed by atoms with Gasteiger partial charge in [0.25, 0.3) is 0 Å². The van der Waals surface area contributed by atoms with Crippen molar-refractivity contribution in [2.24, 2.45) is 0 Å². The Balaban J connectivity index is -0.0000000533. The first-order valence-electron chi connectivity index (χ1n) is 4.24. The van der Waals surface area contributed by atoms with Crippen molar-refractivity contribution in [2.45, 2.75) is 0 Å². The van der Waals surface area contributed by atoms with E-state index < -0.39 is 28.0 Å². The molecular weight excluding hydrogens is 411 g/mol. The zero-order chi connectivity index (χ0) is 17.4. The number of hydrogen-bond acceptors (Lipinski definition) is 8. The molecule has 21 heavy (non-hydrogen) atoms. The maximum absolute atomic E-state index is 9.25. The minimum Gasteiger partial charge on any atom is -0.748 e. The first kappa shape index (κ1) is 31.7. The largest absolute Gasteiger partial charge is 3.00 e. The van der Waals surface area contributed by atoms with E-state index in [1.807, 2.05) is 0 Å². The van der Waals surface area contributed by atoms with Crippen LogP contribution in [0.3, 0.4) is 0 Å². The third-order valence-corrected chi connectivity index (χ3v) is 0.508. The molecule has 0 unspecified atom stereocenters. The molecule has 0 bridgehead atoms. The molecule has 0 aliphatic heterocycles. The normalized spacial score (nSPS) is 7.33. The standard InChI is InChI=1S/3C3H4O2.CH4O3S.In/c3*1-2-3(4)5;1-5(2,3)4;/h3*2H,1H2,(H,4,5);1H3,(H,2,3,4);/q;;;;+3/p-3. The van der Waals surface area contributed by atoms with Crippen molar-refractivity contribution in [3.8, 4) is 0 Å². The third kappa shape index (κ3) is 255. The minimum absolute atomic E-state index is 0. The van der Waals surface area contributed by atoms with Gasteiger partial charge in [-0.2, -0.15) is 0 Å². The molecule has 116 valence electrons. The van der Waals surface area contributed by atoms with Gasteiger partial charge in [-0.1, -0.05) is 19.7 Å². The van der Waals surface area contributed by atoms with Crippen LogP contribution < -0.4 is 10.2 Å². The van der Waals surface area contributed by atoms with E-state index in [2.05, 4.69) is 19.7 Å². The Morgan fingerprint density at radius 3 is 1.05 bits per heavy atom. The molecule has 0 amide bonds. The summed E-state index contributed by atoms with van der Waals surface area (Å²) in [5, 5.41) is 25.9. The maximum Gasteiger partial charge on any atom is 3.00 e. The van der Waals surface area contributed by atoms with Crippen LogP contribution in [0.5, 0.6) is 0 Å². The van der Waals surface area contributed by atoms with Crippen LogP contribution in [0.4, 0.5) is 0 Å². The van der Waals surface area contributed by atoms with Crippen molar-refractivity contribution in [2.75, 3.05) is 6.26 Å². The van der Waals surface area contributed by atoms with Crippen molar-refractivity contribution in [3.63, 3.8) is 0 Å². The fourth-order valence-electron chi connectivity index (χ4n) is 0. The molecule has 0 radical (unpaired) electrons. The molecule has 9 nitrogen and oxygen atoms in total. The summed E-state index contributed by atoms with van der Waals surface area (Å²) in [5.74, 6) is -3.44. The predicted molar refractivity (Wildman–Crippen MR) is 69.6 cm³/mol. The average molecular weight is 424 g/mol. The summed E-state index contributed by atoms with van der Waals surface area (Å²) in [6, 6.07) is 0. The van der Waals surface area contributed by atoms with Gasteiger partial charge in [-0.05, 0) is 12.2 Å². The molecule has 0 rings (SSSR count). The number of carboxylic acids is 3. The summed E-state index contributed by atoms with van der Waals surface area (Å²) in [7, 11) is -3.92. The summed E-state index contributed by atoms with van der Waals surface area (Å²) in [4.78, 5) is 27.5. The van der Waals surface area contributed by atoms with E-state index in [9.17, 15) is 4.79 Å². The van der Waals surface area contributed by atoms with Crippen LogP contribution in [0.1, 0.15) is 0 Å². The minimum atomic E-state index is -3.92. The number of carboxylic acid groups (broad SMARTS) is 3. The Kier molecular flexibility index (Phi) is 31.3. The van der Waals surface area contributed by atoms with Crippen molar-refractivity contribution < 1.29 is 42.7 Å². The average Bonchev–Trinajstić information content (AvgIpc) is 2.28. The van der Waals surface area contributed by atoms with Crippen LogP contribution in [0.2, 0.25) is 0 Å². The molecule has 0 saturated heterocycles. The molecule has 0 fully saturated rings. The van der Waals surface area contributed by atoms with E-state index >= 15 is 0 Å². The maximum atomic E-state index is 9.25. The molecule has 0 spiro atoms. The zero-order valence-corrected chi connectivity index (χ0v) is 15.2. The van der Waals surface area contributed by atoms with Crippen molar-refractivity contribution >= 4 is 53.9 Å². The Bertz CT molecular complexity index is 389. The van der Waals surface area contributed by atoms with E-state index in [1.54, 1.807) is 0 Å². The molecule has 11 heteroatoms. The number of carbonyl (C=O) groups is 3. The topological polar surface area (TPSA) is 175 Å². The van der Waals surface area contributed by atoms with Gasteiger partial charge in [-0.25, -0.2) is 13.2 Å². The summed E-state index contributed by atoms with van der Waals surface area (Å²) in [6.45, 7) is 8.76. The first-order chi connectivity index (χ1) is 8.81. The van der Waals surface area contributed by atoms with Gasteiger partial charge in [-0.3, -0.25) is 0 Å². The van der Waals surface area contributed by atoms with Crippen LogP contribution in [0, 0.1) is 0 Å². The first-order valence-corrected chi connectivity index (χ1v) is 6.06. The van der Waals surface area contributed by atoms with Gasteiger partial charge in [0.1, 0.15) is 0 Å². The van der Waals surface area contributed by atoms with E-state index in [0.717, 1.165) is 18.2 Å². The summed E-state index contributed by atoms with van der Waals surface area (Å²) < 4.78 is 27.2. The number of rotatable bonds is 3. The van der Waals surface area contributed by atoms with Crippen molar-refractivity contribution in [3.05, 3.63) is 38.0 Å². The van der Waals surface area contributed by atoms with Crippen molar-refractivity contribution in [1.29, 1.82) is 0 Å². The van der Waals surface area contributed by atoms with Crippen LogP contribution in [-0.2, 0) is 24.5 Å². The molecule has 0 aromatic carbocycles. The molecule has 0 aromatic rings. The third-order valence-electron chi connectivity index (χ3n) is 0.508. The Labute approximate surface area is 140 Å². The Morgan fingerprint density at radius 1 is 0.952 bits per heavy atom. The van der Waals surface area contributed by atoms with E-state index in [4.69, 9.17) is 37.9 Å². The SMILES string of the molecule is C=CC(=O)O.C=CC(=O)[O-].C=CC(=O)[O-].CS(=O)(=O)[O-].[In+3]. The fraction of sp³-hybridized carbons (Fsp3) is 0.100. The number of hydrogen-bond donors (Lipinski definition) is 1. The van der Waals surface area contributed by atoms with Gasteiger partial charge in [-0.15, -0.1) is 0 Å². The molecular formula is C10H13InO9S. The van der Waals surface area contributed by atoms with E-state index in [0.29, 0.717) is 6.26 Å². The van der Waals surface area contributed by atoms with E-state index in [1.165, 1.54) is 0 Å². The molecule has 0 saturated carbocycles. The van der Waals surface area contributed by atoms with E-state index in [-0.39, 0.29) is 25.8 Å². The Morgan fingerprint density at radius 2 is 1.05 bits per heavy atom. The zero-order valence-electron chi connectivity index (χ0n) is 11.1. The van der Waals surface area contributed by atoms with Gasteiger partial charge in [0, 0.05) is 12.3 Å². The fourth-order valence-corrected chi connectivity index (χ4v) is 0. The van der Waals surface area contributed by atoms with Gasteiger partial charge >= 0.3 is 31.8 Å². The summed E-state index contributed by atoms with van der Waals surface area (Å²) >= 11 is 0. The molecule has 0 heterocycles. The van der Waals surface area contributed by atoms with Crippen LogP contribution >= 0.6 is 0 Å². The second-order valence-corrected chi connectivity index (χ2v) is 3.70. The quantitative estimate of drug-likeness (QED) is 0.363. The van der Waals surface area contributed by atoms with Gasteiger partial charge in [0.15, 0.2) is 0 Å². The second-order valence-electron chi connectivity index (χ2n) is 2.29. The number of aliphatic carboxylic acids is 3. The molecule has 0 aliphatic carbocycles. The number of carbonyl (C=O) groups excluding carboxylic acids is 2. The Hall–Kier alpha value is -1.59. The van der Waals surface area contributed by atoms with Gasteiger partial charge in [0.05, 0.1) is 22.1 Å². The van der Waals surface area contributed by atoms with Gasteiger partial charge in [0.2, 0.25) is 0 Å². The summed E-state index contributed by atoms with van der Waals surface area (Å²) in [6.07, 6.45) is 2.88. The predicted octanol–water partition coefficient (Wildman–Crippen LogP) is -3.12. The van der Waals surface area contributed by atoms with Gasteiger partial charge < -0.3 is 29.5 Å². The van der Waals surface area contributed by atoms with Crippen molar-refractivity contribution in [1.82, 2.24) is 0 Å².